The lowest BCUT2D eigenvalue weighted by atomic mass is 10.5. The number of carboxylic acid groups (broad SMARTS) is 1. The summed E-state index contributed by atoms with van der Waals surface area (Å²) >= 11 is 0. The molecule has 0 aliphatic heterocycles. The molecular weight excluding hydrogens is 240 g/mol. The van der Waals surface area contributed by atoms with Crippen LogP contribution in [0.25, 0.3) is 11.5 Å². The average Bonchev–Trinajstić information content (AvgIpc) is 2.96. The monoisotopic (exact) mass is 246 g/mol. The number of aromatic nitrogens is 6. The molecule has 3 heterocycles. The summed E-state index contributed by atoms with van der Waals surface area (Å²) in [6.45, 7) is 0. The van der Waals surface area contributed by atoms with Crippen molar-refractivity contribution in [1.82, 2.24) is 29.4 Å². The van der Waals surface area contributed by atoms with Crippen molar-refractivity contribution >= 4 is 11.6 Å². The lowest BCUT2D eigenvalue weighted by molar-refractivity contribution is 0.0691. The summed E-state index contributed by atoms with van der Waals surface area (Å²) in [6, 6.07) is 3.18. The predicted octanol–water partition coefficient (Wildman–Crippen LogP) is -0.699. The van der Waals surface area contributed by atoms with E-state index >= 15 is 0 Å². The highest BCUT2D eigenvalue weighted by molar-refractivity contribution is 5.85. The van der Waals surface area contributed by atoms with E-state index in [1.54, 1.807) is 12.1 Å². The number of nitrogens with one attached hydrogen (secondary N) is 1. The van der Waals surface area contributed by atoms with Gasteiger partial charge >= 0.3 is 11.7 Å². The van der Waals surface area contributed by atoms with Crippen molar-refractivity contribution in [3.8, 4) is 5.82 Å². The van der Waals surface area contributed by atoms with E-state index in [0.29, 0.717) is 11.5 Å². The molecule has 3 aromatic heterocycles. The molecule has 0 aromatic carbocycles. The normalized spacial score (nSPS) is 10.9. The SMILES string of the molecule is O=C(O)c1cn(-c2ccc3n[nH]c(=O)n3n2)cn1. The fourth-order valence-electron chi connectivity index (χ4n) is 1.49. The molecule has 0 unspecified atom stereocenters. The quantitative estimate of drug-likeness (QED) is 0.617. The summed E-state index contributed by atoms with van der Waals surface area (Å²) in [4.78, 5) is 25.7. The number of carboxylic acids is 1. The molecular formula is C9H6N6O3. The van der Waals surface area contributed by atoms with Crippen LogP contribution in [0.2, 0.25) is 0 Å². The first-order chi connectivity index (χ1) is 8.65. The predicted molar refractivity (Wildman–Crippen MR) is 57.7 cm³/mol. The maximum Gasteiger partial charge on any atom is 0.364 e. The Hall–Kier alpha value is -2.97. The van der Waals surface area contributed by atoms with Gasteiger partial charge in [0.15, 0.2) is 17.2 Å². The molecule has 0 amide bonds. The van der Waals surface area contributed by atoms with Crippen molar-refractivity contribution in [3.05, 3.63) is 40.8 Å². The van der Waals surface area contributed by atoms with E-state index in [-0.39, 0.29) is 5.69 Å². The van der Waals surface area contributed by atoms with Crippen molar-refractivity contribution in [3.63, 3.8) is 0 Å². The number of hydrogen-bond acceptors (Lipinski definition) is 5. The average molecular weight is 246 g/mol. The Balaban J connectivity index is 2.15. The summed E-state index contributed by atoms with van der Waals surface area (Å²) in [5.41, 5.74) is -0.191. The number of aromatic carboxylic acids is 1. The number of imidazole rings is 1. The second-order valence-electron chi connectivity index (χ2n) is 3.46. The highest BCUT2D eigenvalue weighted by atomic mass is 16.4. The minimum atomic E-state index is -1.13. The minimum absolute atomic E-state index is 0.101. The lowest BCUT2D eigenvalue weighted by Crippen LogP contribution is -2.13. The Morgan fingerprint density at radius 3 is 2.94 bits per heavy atom. The smallest absolute Gasteiger partial charge is 0.364 e. The minimum Gasteiger partial charge on any atom is -0.476 e. The molecule has 3 aromatic rings. The Morgan fingerprint density at radius 1 is 1.39 bits per heavy atom. The standard InChI is InChI=1S/C9H6N6O3/c16-8(17)5-3-14(4-10-5)7-2-1-6-11-12-9(18)15(6)13-7/h1-4H,(H,12,18)(H,16,17). The molecule has 90 valence electrons. The number of H-pyrrole nitrogens is 1. The highest BCUT2D eigenvalue weighted by Crippen LogP contribution is 2.06. The van der Waals surface area contributed by atoms with Gasteiger partial charge in [-0.2, -0.15) is 9.61 Å². The molecule has 0 atom stereocenters. The molecule has 3 rings (SSSR count). The summed E-state index contributed by atoms with van der Waals surface area (Å²) in [6.07, 6.45) is 2.62. The van der Waals surface area contributed by atoms with Crippen LogP contribution in [-0.2, 0) is 0 Å². The topological polar surface area (TPSA) is 118 Å². The Kier molecular flexibility index (Phi) is 1.99. The maximum atomic E-state index is 11.3. The van der Waals surface area contributed by atoms with Gasteiger partial charge in [0, 0.05) is 6.20 Å². The largest absolute Gasteiger partial charge is 0.476 e. The van der Waals surface area contributed by atoms with Crippen LogP contribution >= 0.6 is 0 Å². The van der Waals surface area contributed by atoms with E-state index in [4.69, 9.17) is 5.11 Å². The first kappa shape index (κ1) is 10.2. The van der Waals surface area contributed by atoms with Gasteiger partial charge < -0.3 is 5.11 Å². The van der Waals surface area contributed by atoms with Crippen LogP contribution in [-0.4, -0.2) is 40.4 Å². The van der Waals surface area contributed by atoms with Gasteiger partial charge in [0.25, 0.3) is 0 Å². The van der Waals surface area contributed by atoms with Crippen molar-refractivity contribution in [2.75, 3.05) is 0 Å². The zero-order chi connectivity index (χ0) is 12.7. The number of carbonyl (C=O) groups is 1. The summed E-state index contributed by atoms with van der Waals surface area (Å²) in [5.74, 6) is -0.763. The molecule has 0 bridgehead atoms. The summed E-state index contributed by atoms with van der Waals surface area (Å²) < 4.78 is 2.48. The third-order valence-corrected chi connectivity index (χ3v) is 2.33. The van der Waals surface area contributed by atoms with E-state index in [0.717, 1.165) is 4.52 Å². The molecule has 18 heavy (non-hydrogen) atoms. The van der Waals surface area contributed by atoms with Crippen molar-refractivity contribution in [2.24, 2.45) is 0 Å². The first-order valence-corrected chi connectivity index (χ1v) is 4.87. The van der Waals surface area contributed by atoms with Crippen LogP contribution in [0.15, 0.2) is 29.5 Å². The maximum absolute atomic E-state index is 11.3. The molecule has 0 spiro atoms. The third kappa shape index (κ3) is 1.45. The zero-order valence-electron chi connectivity index (χ0n) is 8.81. The van der Waals surface area contributed by atoms with E-state index < -0.39 is 11.7 Å². The number of fused-ring (bicyclic) bond motifs is 1. The third-order valence-electron chi connectivity index (χ3n) is 2.33. The number of nitrogens with zero attached hydrogens (tertiary/aromatic N) is 5. The number of hydrogen-bond donors (Lipinski definition) is 2. The van der Waals surface area contributed by atoms with E-state index in [1.807, 2.05) is 0 Å². The van der Waals surface area contributed by atoms with Gasteiger partial charge in [0.05, 0.1) is 0 Å². The van der Waals surface area contributed by atoms with Crippen molar-refractivity contribution < 1.29 is 9.90 Å². The number of aromatic amines is 1. The lowest BCUT2D eigenvalue weighted by Gasteiger charge is -1.99. The second kappa shape index (κ2) is 3.52. The molecule has 9 heteroatoms. The first-order valence-electron chi connectivity index (χ1n) is 4.87. The van der Waals surface area contributed by atoms with Gasteiger partial charge in [-0.15, -0.1) is 5.10 Å². The second-order valence-corrected chi connectivity index (χ2v) is 3.46. The fourth-order valence-corrected chi connectivity index (χ4v) is 1.49. The van der Waals surface area contributed by atoms with E-state index in [9.17, 15) is 9.59 Å². The Bertz CT molecular complexity index is 798. The molecule has 0 saturated heterocycles. The van der Waals surface area contributed by atoms with E-state index in [2.05, 4.69) is 20.3 Å². The molecule has 0 radical (unpaired) electrons. The van der Waals surface area contributed by atoms with Crippen molar-refractivity contribution in [2.45, 2.75) is 0 Å². The molecule has 2 N–H and O–H groups in total. The molecule has 0 aliphatic rings. The van der Waals surface area contributed by atoms with Gasteiger partial charge in [-0.1, -0.05) is 0 Å². The zero-order valence-corrected chi connectivity index (χ0v) is 8.81. The molecule has 0 aliphatic carbocycles. The Labute approximate surface area is 98.3 Å². The van der Waals surface area contributed by atoms with Crippen LogP contribution in [0.1, 0.15) is 10.5 Å². The van der Waals surface area contributed by atoms with Crippen LogP contribution < -0.4 is 5.69 Å². The molecule has 0 saturated carbocycles. The van der Waals surface area contributed by atoms with Crippen LogP contribution in [0.5, 0.6) is 0 Å². The Morgan fingerprint density at radius 2 is 2.22 bits per heavy atom. The van der Waals surface area contributed by atoms with E-state index in [1.165, 1.54) is 17.1 Å². The fraction of sp³-hybridized carbons (Fsp3) is 0. The molecule has 0 fully saturated rings. The molecule has 9 nitrogen and oxygen atoms in total. The van der Waals surface area contributed by atoms with Gasteiger partial charge in [0.1, 0.15) is 6.33 Å². The summed E-state index contributed by atoms with van der Waals surface area (Å²) in [7, 11) is 0. The van der Waals surface area contributed by atoms with Gasteiger partial charge in [0.2, 0.25) is 0 Å². The van der Waals surface area contributed by atoms with Crippen LogP contribution in [0.3, 0.4) is 0 Å². The van der Waals surface area contributed by atoms with Gasteiger partial charge in [-0.25, -0.2) is 19.7 Å². The van der Waals surface area contributed by atoms with Gasteiger partial charge in [-0.05, 0) is 12.1 Å². The number of rotatable bonds is 2. The van der Waals surface area contributed by atoms with Gasteiger partial charge in [-0.3, -0.25) is 4.57 Å². The van der Waals surface area contributed by atoms with Crippen molar-refractivity contribution in [1.29, 1.82) is 0 Å². The summed E-state index contributed by atoms with van der Waals surface area (Å²) in [5, 5.41) is 18.8. The van der Waals surface area contributed by atoms with Crippen LogP contribution in [0, 0.1) is 0 Å². The highest BCUT2D eigenvalue weighted by Gasteiger charge is 2.09. The van der Waals surface area contributed by atoms with Crippen LogP contribution in [0.4, 0.5) is 0 Å².